The fourth-order valence-corrected chi connectivity index (χ4v) is 1.32. The summed E-state index contributed by atoms with van der Waals surface area (Å²) in [4.78, 5) is 26.9. The lowest BCUT2D eigenvalue weighted by molar-refractivity contribution is -0.120. The van der Waals surface area contributed by atoms with Crippen molar-refractivity contribution in [1.29, 1.82) is 0 Å². The molecule has 0 aromatic carbocycles. The number of rotatable bonds is 5. The molecule has 102 valence electrons. The molecule has 0 radical (unpaired) electrons. The third-order valence-electron chi connectivity index (χ3n) is 2.23. The molecule has 0 aliphatic rings. The number of hydrazone groups is 1. The van der Waals surface area contributed by atoms with Crippen molar-refractivity contribution in [3.63, 3.8) is 0 Å². The maximum atomic E-state index is 11.6. The third kappa shape index (κ3) is 4.05. The molecule has 0 spiro atoms. The second kappa shape index (κ2) is 6.83. The van der Waals surface area contributed by atoms with Crippen molar-refractivity contribution in [3.05, 3.63) is 54.2 Å². The molecular formula is C13H12N4O3. The minimum atomic E-state index is -0.447. The van der Waals surface area contributed by atoms with Gasteiger partial charge in [0.15, 0.2) is 0 Å². The minimum absolute atomic E-state index is 0.190. The molecule has 2 N–H and O–H groups in total. The molecule has 2 rings (SSSR count). The van der Waals surface area contributed by atoms with E-state index < -0.39 is 11.8 Å². The van der Waals surface area contributed by atoms with Crippen LogP contribution < -0.4 is 10.7 Å². The smallest absolute Gasteiger partial charge is 0.270 e. The van der Waals surface area contributed by atoms with Gasteiger partial charge < -0.3 is 9.73 Å². The standard InChI is InChI=1S/C13H12N4O3/c18-12(17-16-8-10-4-3-7-20-10)9-15-13(19)11-5-1-2-6-14-11/h1-8H,9H2,(H,15,19)(H,17,18)/b16-8-. The zero-order valence-corrected chi connectivity index (χ0v) is 10.4. The average molecular weight is 272 g/mol. The largest absolute Gasteiger partial charge is 0.463 e. The van der Waals surface area contributed by atoms with Gasteiger partial charge in [-0.05, 0) is 24.3 Å². The van der Waals surface area contributed by atoms with E-state index in [-0.39, 0.29) is 12.2 Å². The van der Waals surface area contributed by atoms with Gasteiger partial charge in [0.1, 0.15) is 11.5 Å². The van der Waals surface area contributed by atoms with Crippen LogP contribution in [0.25, 0.3) is 0 Å². The van der Waals surface area contributed by atoms with Gasteiger partial charge in [0.05, 0.1) is 19.0 Å². The zero-order valence-electron chi connectivity index (χ0n) is 10.4. The number of aromatic nitrogens is 1. The van der Waals surface area contributed by atoms with E-state index in [9.17, 15) is 9.59 Å². The van der Waals surface area contributed by atoms with Gasteiger partial charge in [-0.15, -0.1) is 0 Å². The first-order valence-electron chi connectivity index (χ1n) is 5.80. The van der Waals surface area contributed by atoms with Crippen LogP contribution in [0.2, 0.25) is 0 Å². The van der Waals surface area contributed by atoms with Crippen LogP contribution in [0.15, 0.2) is 52.3 Å². The number of pyridine rings is 1. The number of nitrogens with one attached hydrogen (secondary N) is 2. The van der Waals surface area contributed by atoms with Gasteiger partial charge in [-0.1, -0.05) is 6.07 Å². The van der Waals surface area contributed by atoms with Crippen LogP contribution in [0.1, 0.15) is 16.2 Å². The molecule has 2 aromatic heterocycles. The van der Waals surface area contributed by atoms with Crippen molar-refractivity contribution in [1.82, 2.24) is 15.7 Å². The molecule has 7 nitrogen and oxygen atoms in total. The van der Waals surface area contributed by atoms with Crippen molar-refractivity contribution in [2.75, 3.05) is 6.54 Å². The Hall–Kier alpha value is -2.96. The van der Waals surface area contributed by atoms with Crippen LogP contribution in [0.5, 0.6) is 0 Å². The molecule has 0 fully saturated rings. The normalized spacial score (nSPS) is 10.4. The Balaban J connectivity index is 1.74. The Kier molecular flexibility index (Phi) is 4.60. The van der Waals surface area contributed by atoms with E-state index in [0.717, 1.165) is 0 Å². The first-order valence-corrected chi connectivity index (χ1v) is 5.80. The lowest BCUT2D eigenvalue weighted by atomic mass is 10.3. The molecule has 7 heteroatoms. The summed E-state index contributed by atoms with van der Waals surface area (Å²) < 4.78 is 4.99. The van der Waals surface area contributed by atoms with Crippen molar-refractivity contribution in [3.8, 4) is 0 Å². The summed E-state index contributed by atoms with van der Waals surface area (Å²) in [6.45, 7) is -0.190. The first kappa shape index (κ1) is 13.5. The third-order valence-corrected chi connectivity index (χ3v) is 2.23. The summed E-state index contributed by atoms with van der Waals surface area (Å²) in [5.41, 5.74) is 2.51. The molecule has 2 amide bonds. The van der Waals surface area contributed by atoms with Crippen molar-refractivity contribution in [2.45, 2.75) is 0 Å². The molecule has 2 heterocycles. The van der Waals surface area contributed by atoms with Crippen LogP contribution in [0.4, 0.5) is 0 Å². The number of amides is 2. The number of furan rings is 1. The molecule has 20 heavy (non-hydrogen) atoms. The lowest BCUT2D eigenvalue weighted by Gasteiger charge is -2.02. The summed E-state index contributed by atoms with van der Waals surface area (Å²) in [6, 6.07) is 8.35. The highest BCUT2D eigenvalue weighted by Crippen LogP contribution is 1.94. The molecule has 0 atom stereocenters. The Morgan fingerprint density at radius 3 is 2.90 bits per heavy atom. The first-order chi connectivity index (χ1) is 9.75. The van der Waals surface area contributed by atoms with E-state index in [1.54, 1.807) is 30.3 Å². The van der Waals surface area contributed by atoms with E-state index in [2.05, 4.69) is 20.8 Å². The number of carbonyl (C=O) groups excluding carboxylic acids is 2. The quantitative estimate of drug-likeness (QED) is 0.613. The van der Waals surface area contributed by atoms with E-state index in [1.165, 1.54) is 18.7 Å². The zero-order chi connectivity index (χ0) is 14.2. The Morgan fingerprint density at radius 1 is 1.30 bits per heavy atom. The Morgan fingerprint density at radius 2 is 2.20 bits per heavy atom. The van der Waals surface area contributed by atoms with Crippen LogP contribution in [0.3, 0.4) is 0 Å². The van der Waals surface area contributed by atoms with E-state index in [0.29, 0.717) is 5.76 Å². The van der Waals surface area contributed by atoms with Crippen LogP contribution in [0, 0.1) is 0 Å². The van der Waals surface area contributed by atoms with Crippen LogP contribution in [-0.2, 0) is 4.79 Å². The molecule has 2 aromatic rings. The number of hydrogen-bond donors (Lipinski definition) is 2. The van der Waals surface area contributed by atoms with Crippen molar-refractivity contribution in [2.24, 2.45) is 5.10 Å². The summed E-state index contributed by atoms with van der Waals surface area (Å²) in [7, 11) is 0. The average Bonchev–Trinajstić information content (AvgIpc) is 2.99. The molecule has 0 saturated carbocycles. The topological polar surface area (TPSA) is 96.6 Å². The van der Waals surface area contributed by atoms with Gasteiger partial charge >= 0.3 is 0 Å². The fourth-order valence-electron chi connectivity index (χ4n) is 1.32. The number of nitrogens with zero attached hydrogens (tertiary/aromatic N) is 2. The van der Waals surface area contributed by atoms with Crippen LogP contribution >= 0.6 is 0 Å². The Bertz CT molecular complexity index is 593. The van der Waals surface area contributed by atoms with Gasteiger partial charge in [-0.2, -0.15) is 5.10 Å². The molecular weight excluding hydrogens is 260 g/mol. The fraction of sp³-hybridized carbons (Fsp3) is 0.0769. The predicted octanol–water partition coefficient (Wildman–Crippen LogP) is 0.555. The second-order valence-electron chi connectivity index (χ2n) is 3.71. The van der Waals surface area contributed by atoms with Crippen LogP contribution in [-0.4, -0.2) is 29.6 Å². The van der Waals surface area contributed by atoms with Gasteiger partial charge in [0.25, 0.3) is 11.8 Å². The summed E-state index contributed by atoms with van der Waals surface area (Å²) in [5.74, 6) is -0.351. The second-order valence-corrected chi connectivity index (χ2v) is 3.71. The predicted molar refractivity (Wildman–Crippen MR) is 71.0 cm³/mol. The minimum Gasteiger partial charge on any atom is -0.463 e. The van der Waals surface area contributed by atoms with Gasteiger partial charge in [0, 0.05) is 6.20 Å². The summed E-state index contributed by atoms with van der Waals surface area (Å²) in [6.07, 6.45) is 4.36. The van der Waals surface area contributed by atoms with Gasteiger partial charge in [0.2, 0.25) is 0 Å². The highest BCUT2D eigenvalue weighted by Gasteiger charge is 2.07. The number of carbonyl (C=O) groups is 2. The lowest BCUT2D eigenvalue weighted by Crippen LogP contribution is -2.35. The summed E-state index contributed by atoms with van der Waals surface area (Å²) in [5, 5.41) is 6.11. The maximum absolute atomic E-state index is 11.6. The number of hydrogen-bond acceptors (Lipinski definition) is 5. The maximum Gasteiger partial charge on any atom is 0.270 e. The van der Waals surface area contributed by atoms with Crippen molar-refractivity contribution < 1.29 is 14.0 Å². The van der Waals surface area contributed by atoms with E-state index in [4.69, 9.17) is 4.42 Å². The van der Waals surface area contributed by atoms with Crippen molar-refractivity contribution >= 4 is 18.0 Å². The molecule has 0 aliphatic carbocycles. The molecule has 0 aliphatic heterocycles. The highest BCUT2D eigenvalue weighted by atomic mass is 16.3. The SMILES string of the molecule is O=C(CNC(=O)c1ccccn1)N/N=C\c1ccco1. The molecule has 0 saturated heterocycles. The van der Waals surface area contributed by atoms with Gasteiger partial charge in [-0.25, -0.2) is 5.43 Å². The highest BCUT2D eigenvalue weighted by molar-refractivity contribution is 5.94. The van der Waals surface area contributed by atoms with E-state index >= 15 is 0 Å². The Labute approximate surface area is 114 Å². The molecule has 0 bridgehead atoms. The monoisotopic (exact) mass is 272 g/mol. The summed E-state index contributed by atoms with van der Waals surface area (Å²) >= 11 is 0. The molecule has 0 unspecified atom stereocenters. The van der Waals surface area contributed by atoms with E-state index in [1.807, 2.05) is 0 Å². The van der Waals surface area contributed by atoms with Gasteiger partial charge in [-0.3, -0.25) is 14.6 Å².